The van der Waals surface area contributed by atoms with E-state index in [-0.39, 0.29) is 0 Å². The van der Waals surface area contributed by atoms with Crippen molar-refractivity contribution in [2.75, 3.05) is 0 Å². The lowest BCUT2D eigenvalue weighted by Gasteiger charge is -2.01. The van der Waals surface area contributed by atoms with E-state index in [1.807, 2.05) is 12.1 Å². The average molecular weight is 246 g/mol. The van der Waals surface area contributed by atoms with Gasteiger partial charge in [-0.1, -0.05) is 29.8 Å². The third-order valence-corrected chi connectivity index (χ3v) is 3.47. The first kappa shape index (κ1) is 11.4. The lowest BCUT2D eigenvalue weighted by Crippen LogP contribution is -2.17. The molecule has 0 bridgehead atoms. The van der Waals surface area contributed by atoms with Crippen molar-refractivity contribution in [2.45, 2.75) is 5.92 Å². The first-order valence-corrected chi connectivity index (χ1v) is 5.32. The highest BCUT2D eigenvalue weighted by molar-refractivity contribution is 6.31. The standard InChI is InChI=1S/C12H8ClN3O/c13-8-4-2-1-3-7(8)9-10(11(16)17)12(9,5-14)6-15/h1-4,9-10H,(H2,16,17)/t9-,10+/m0/s1. The maximum Gasteiger partial charge on any atom is 0.223 e. The molecule has 1 fully saturated rings. The van der Waals surface area contributed by atoms with Gasteiger partial charge in [0.05, 0.1) is 18.1 Å². The van der Waals surface area contributed by atoms with E-state index in [4.69, 9.17) is 27.9 Å². The predicted octanol–water partition coefficient (Wildman–Crippen LogP) is 1.57. The van der Waals surface area contributed by atoms with Gasteiger partial charge in [0.25, 0.3) is 0 Å². The Morgan fingerprint density at radius 3 is 2.35 bits per heavy atom. The van der Waals surface area contributed by atoms with Crippen LogP contribution in [0.4, 0.5) is 0 Å². The Bertz CT molecular complexity index is 556. The van der Waals surface area contributed by atoms with E-state index in [0.717, 1.165) is 0 Å². The molecular weight excluding hydrogens is 238 g/mol. The summed E-state index contributed by atoms with van der Waals surface area (Å²) in [5, 5.41) is 18.6. The molecule has 2 N–H and O–H groups in total. The van der Waals surface area contributed by atoms with Crippen molar-refractivity contribution in [3.63, 3.8) is 0 Å². The molecule has 17 heavy (non-hydrogen) atoms. The normalized spacial score (nSPS) is 24.4. The molecule has 84 valence electrons. The zero-order chi connectivity index (χ0) is 12.6. The zero-order valence-electron chi connectivity index (χ0n) is 8.72. The second-order valence-electron chi connectivity index (χ2n) is 3.97. The molecule has 4 nitrogen and oxygen atoms in total. The van der Waals surface area contributed by atoms with Gasteiger partial charge in [-0.05, 0) is 11.6 Å². The highest BCUT2D eigenvalue weighted by Gasteiger charge is 2.70. The Balaban J connectivity index is 2.50. The van der Waals surface area contributed by atoms with Gasteiger partial charge >= 0.3 is 0 Å². The van der Waals surface area contributed by atoms with Crippen molar-refractivity contribution in [1.82, 2.24) is 0 Å². The summed E-state index contributed by atoms with van der Waals surface area (Å²) in [6, 6.07) is 10.6. The monoisotopic (exact) mass is 245 g/mol. The van der Waals surface area contributed by atoms with E-state index in [1.54, 1.807) is 24.3 Å². The van der Waals surface area contributed by atoms with Crippen molar-refractivity contribution < 1.29 is 4.79 Å². The minimum Gasteiger partial charge on any atom is -0.369 e. The van der Waals surface area contributed by atoms with Crippen LogP contribution in [0, 0.1) is 34.0 Å². The summed E-state index contributed by atoms with van der Waals surface area (Å²) in [6.45, 7) is 0. The fraction of sp³-hybridized carbons (Fsp3) is 0.250. The van der Waals surface area contributed by atoms with Gasteiger partial charge in [-0.15, -0.1) is 0 Å². The largest absolute Gasteiger partial charge is 0.369 e. The molecule has 2 atom stereocenters. The van der Waals surface area contributed by atoms with E-state index in [0.29, 0.717) is 10.6 Å². The van der Waals surface area contributed by atoms with Gasteiger partial charge in [0.1, 0.15) is 0 Å². The fourth-order valence-corrected chi connectivity index (χ4v) is 2.49. The topological polar surface area (TPSA) is 90.7 Å². The molecule has 1 amide bonds. The highest BCUT2D eigenvalue weighted by atomic mass is 35.5. The summed E-state index contributed by atoms with van der Waals surface area (Å²) in [4.78, 5) is 11.3. The molecule has 0 heterocycles. The number of carbonyl (C=O) groups is 1. The minimum absolute atomic E-state index is 0.441. The Labute approximate surface area is 103 Å². The number of nitrogens with two attached hydrogens (primary N) is 1. The summed E-state index contributed by atoms with van der Waals surface area (Å²) >= 11 is 6.00. The molecule has 0 aromatic heterocycles. The fourth-order valence-electron chi connectivity index (χ4n) is 2.23. The summed E-state index contributed by atoms with van der Waals surface area (Å²) in [6.07, 6.45) is 0. The second kappa shape index (κ2) is 3.76. The van der Waals surface area contributed by atoms with Crippen LogP contribution in [0.5, 0.6) is 0 Å². The molecule has 0 aliphatic heterocycles. The van der Waals surface area contributed by atoms with Gasteiger partial charge in [0.15, 0.2) is 5.41 Å². The number of amides is 1. The number of hydrogen-bond donors (Lipinski definition) is 1. The van der Waals surface area contributed by atoms with Crippen LogP contribution in [0.25, 0.3) is 0 Å². The van der Waals surface area contributed by atoms with Crippen LogP contribution in [0.15, 0.2) is 24.3 Å². The van der Waals surface area contributed by atoms with Crippen LogP contribution in [-0.4, -0.2) is 5.91 Å². The Hall–Kier alpha value is -2.04. The van der Waals surface area contributed by atoms with Gasteiger partial charge in [-0.2, -0.15) is 10.5 Å². The van der Waals surface area contributed by atoms with E-state index >= 15 is 0 Å². The van der Waals surface area contributed by atoms with E-state index in [2.05, 4.69) is 0 Å². The summed E-state index contributed by atoms with van der Waals surface area (Å²) in [5.41, 5.74) is 4.48. The lowest BCUT2D eigenvalue weighted by atomic mass is 10.0. The van der Waals surface area contributed by atoms with Crippen LogP contribution in [0.1, 0.15) is 11.5 Å². The Morgan fingerprint density at radius 2 is 1.94 bits per heavy atom. The number of carbonyl (C=O) groups excluding carboxylic acids is 1. The first-order chi connectivity index (χ1) is 8.08. The van der Waals surface area contributed by atoms with Crippen LogP contribution in [-0.2, 0) is 4.79 Å². The van der Waals surface area contributed by atoms with Crippen molar-refractivity contribution >= 4 is 17.5 Å². The number of benzene rings is 1. The second-order valence-corrected chi connectivity index (χ2v) is 4.38. The molecule has 1 aromatic carbocycles. The molecule has 1 aliphatic rings. The van der Waals surface area contributed by atoms with Gasteiger partial charge in [0, 0.05) is 10.9 Å². The molecule has 0 unspecified atom stereocenters. The quantitative estimate of drug-likeness (QED) is 0.857. The van der Waals surface area contributed by atoms with Crippen LogP contribution in [0.2, 0.25) is 5.02 Å². The molecule has 1 aromatic rings. The zero-order valence-corrected chi connectivity index (χ0v) is 9.48. The number of nitrogens with zero attached hydrogens (tertiary/aromatic N) is 2. The summed E-state index contributed by atoms with van der Waals surface area (Å²) in [5.74, 6) is -1.95. The molecule has 0 saturated heterocycles. The van der Waals surface area contributed by atoms with Gasteiger partial charge in [-0.3, -0.25) is 4.79 Å². The van der Waals surface area contributed by atoms with Crippen molar-refractivity contribution in [1.29, 1.82) is 10.5 Å². The van der Waals surface area contributed by atoms with Crippen LogP contribution >= 0.6 is 11.6 Å². The van der Waals surface area contributed by atoms with Gasteiger partial charge in [0.2, 0.25) is 5.91 Å². The Morgan fingerprint density at radius 1 is 1.35 bits per heavy atom. The number of halogens is 1. The van der Waals surface area contributed by atoms with Gasteiger partial charge < -0.3 is 5.73 Å². The Kier molecular flexibility index (Phi) is 2.53. The molecule has 5 heteroatoms. The number of nitriles is 2. The third-order valence-electron chi connectivity index (χ3n) is 3.12. The number of hydrogen-bond acceptors (Lipinski definition) is 3. The highest BCUT2D eigenvalue weighted by Crippen LogP contribution is 2.64. The first-order valence-electron chi connectivity index (χ1n) is 4.94. The number of primary amides is 1. The molecule has 1 aliphatic carbocycles. The molecule has 0 spiro atoms. The molecule has 0 radical (unpaired) electrons. The van der Waals surface area contributed by atoms with Crippen LogP contribution in [0.3, 0.4) is 0 Å². The van der Waals surface area contributed by atoms with Gasteiger partial charge in [-0.25, -0.2) is 0 Å². The van der Waals surface area contributed by atoms with Crippen molar-refractivity contribution in [2.24, 2.45) is 17.1 Å². The van der Waals surface area contributed by atoms with E-state index < -0.39 is 23.2 Å². The molecule has 1 saturated carbocycles. The number of rotatable bonds is 2. The lowest BCUT2D eigenvalue weighted by molar-refractivity contribution is -0.119. The maximum atomic E-state index is 11.3. The molecular formula is C12H8ClN3O. The predicted molar refractivity (Wildman–Crippen MR) is 60.5 cm³/mol. The van der Waals surface area contributed by atoms with E-state index in [1.165, 1.54) is 0 Å². The smallest absolute Gasteiger partial charge is 0.223 e. The molecule has 2 rings (SSSR count). The summed E-state index contributed by atoms with van der Waals surface area (Å²) < 4.78 is 0. The van der Waals surface area contributed by atoms with Crippen molar-refractivity contribution in [3.8, 4) is 12.1 Å². The van der Waals surface area contributed by atoms with E-state index in [9.17, 15) is 4.79 Å². The third kappa shape index (κ3) is 1.46. The maximum absolute atomic E-state index is 11.3. The van der Waals surface area contributed by atoms with Crippen LogP contribution < -0.4 is 5.73 Å². The summed E-state index contributed by atoms with van der Waals surface area (Å²) in [7, 11) is 0. The van der Waals surface area contributed by atoms with Crippen molar-refractivity contribution in [3.05, 3.63) is 34.9 Å². The minimum atomic E-state index is -1.36. The average Bonchev–Trinajstić information content (AvgIpc) is 2.99. The SMILES string of the molecule is N#CC1(C#N)[C@@H](C(N)=O)[C@@H]1c1ccccc1Cl.